The van der Waals surface area contributed by atoms with Gasteiger partial charge in [-0.2, -0.15) is 0 Å². The van der Waals surface area contributed by atoms with Crippen molar-refractivity contribution in [3.8, 4) is 0 Å². The summed E-state index contributed by atoms with van der Waals surface area (Å²) in [6.45, 7) is 12.4. The average Bonchev–Trinajstić information content (AvgIpc) is 2.38. The van der Waals surface area contributed by atoms with Crippen LogP contribution in [0.15, 0.2) is 0 Å². The Hall–Kier alpha value is -0.0800. The number of hydrogen-bond acceptors (Lipinski definition) is 2. The minimum Gasteiger partial charge on any atom is -0.380 e. The number of rotatable bonds is 0. The second-order valence-electron chi connectivity index (χ2n) is 2.98. The van der Waals surface area contributed by atoms with Gasteiger partial charge in [0.05, 0.1) is 6.61 Å². The summed E-state index contributed by atoms with van der Waals surface area (Å²) < 4.78 is 5.22. The molecule has 1 rings (SSSR count). The molecular formula is C11H27NO. The lowest BCUT2D eigenvalue weighted by Crippen LogP contribution is -2.20. The maximum Gasteiger partial charge on any atom is 0.0593 e. The van der Waals surface area contributed by atoms with E-state index in [1.807, 2.05) is 13.8 Å². The van der Waals surface area contributed by atoms with E-state index in [2.05, 4.69) is 25.8 Å². The first kappa shape index (κ1) is 15.4. The van der Waals surface area contributed by atoms with Crippen molar-refractivity contribution in [1.29, 1.82) is 0 Å². The molecule has 1 fully saturated rings. The molecule has 0 spiro atoms. The molecule has 13 heavy (non-hydrogen) atoms. The van der Waals surface area contributed by atoms with Crippen LogP contribution in [0.25, 0.3) is 0 Å². The molecule has 0 aliphatic carbocycles. The molecule has 0 saturated carbocycles. The summed E-state index contributed by atoms with van der Waals surface area (Å²) in [5.74, 6) is 0. The van der Waals surface area contributed by atoms with Gasteiger partial charge in [0.15, 0.2) is 0 Å². The van der Waals surface area contributed by atoms with E-state index in [1.165, 1.54) is 19.4 Å². The smallest absolute Gasteiger partial charge is 0.0593 e. The van der Waals surface area contributed by atoms with E-state index in [0.717, 1.165) is 19.8 Å². The summed E-state index contributed by atoms with van der Waals surface area (Å²) in [6.07, 6.45) is 2.44. The lowest BCUT2D eigenvalue weighted by molar-refractivity contribution is 0.144. The molecule has 0 bridgehead atoms. The molecule has 1 heterocycles. The first-order chi connectivity index (χ1) is 6.31. The minimum atomic E-state index is 0.913. The highest BCUT2D eigenvalue weighted by Gasteiger charge is 2.01. The quantitative estimate of drug-likeness (QED) is 0.581. The number of ether oxygens (including phenoxy) is 1. The molecule has 2 heteroatoms. The molecule has 0 unspecified atom stereocenters. The Kier molecular flexibility index (Phi) is 17.1. The molecular weight excluding hydrogens is 162 g/mol. The third kappa shape index (κ3) is 14.7. The van der Waals surface area contributed by atoms with Crippen LogP contribution < -0.4 is 0 Å². The van der Waals surface area contributed by atoms with Crippen LogP contribution in [0.3, 0.4) is 0 Å². The van der Waals surface area contributed by atoms with Crippen molar-refractivity contribution < 1.29 is 4.74 Å². The third-order valence-corrected chi connectivity index (χ3v) is 1.45. The van der Waals surface area contributed by atoms with E-state index in [-0.39, 0.29) is 0 Å². The maximum absolute atomic E-state index is 5.22. The van der Waals surface area contributed by atoms with E-state index in [1.54, 1.807) is 0 Å². The van der Waals surface area contributed by atoms with Gasteiger partial charge in [0, 0.05) is 19.7 Å². The Labute approximate surface area is 84.3 Å². The lowest BCUT2D eigenvalue weighted by atomic mass is 10.4. The van der Waals surface area contributed by atoms with Crippen LogP contribution in [0.1, 0.15) is 40.5 Å². The summed E-state index contributed by atoms with van der Waals surface area (Å²) >= 11 is 0. The fourth-order valence-corrected chi connectivity index (χ4v) is 0.871. The molecule has 1 aliphatic rings. The van der Waals surface area contributed by atoms with Gasteiger partial charge >= 0.3 is 0 Å². The van der Waals surface area contributed by atoms with Crippen molar-refractivity contribution in [2.75, 3.05) is 33.4 Å². The van der Waals surface area contributed by atoms with Crippen molar-refractivity contribution in [1.82, 2.24) is 4.90 Å². The Bertz CT molecular complexity index is 68.5. The first-order valence-electron chi connectivity index (χ1n) is 5.57. The number of nitrogens with zero attached hydrogens (tertiary/aromatic N) is 1. The summed E-state index contributed by atoms with van der Waals surface area (Å²) in [6, 6.07) is 0. The van der Waals surface area contributed by atoms with E-state index in [9.17, 15) is 0 Å². The standard InChI is InChI=1S/C6H13NO.C3H8.C2H6/c1-7-3-2-5-8-6-4-7;1-3-2;1-2/h2-6H2,1H3;3H2,1-2H3;1-2H3. The van der Waals surface area contributed by atoms with Gasteiger partial charge in [0.1, 0.15) is 0 Å². The van der Waals surface area contributed by atoms with Crippen molar-refractivity contribution in [2.45, 2.75) is 40.5 Å². The fourth-order valence-electron chi connectivity index (χ4n) is 0.871. The van der Waals surface area contributed by atoms with Gasteiger partial charge < -0.3 is 9.64 Å². The third-order valence-electron chi connectivity index (χ3n) is 1.45. The minimum absolute atomic E-state index is 0.913. The van der Waals surface area contributed by atoms with Gasteiger partial charge in [0.2, 0.25) is 0 Å². The van der Waals surface area contributed by atoms with Crippen LogP contribution in [-0.2, 0) is 4.74 Å². The molecule has 0 aromatic carbocycles. The zero-order valence-electron chi connectivity index (χ0n) is 10.1. The van der Waals surface area contributed by atoms with E-state index in [4.69, 9.17) is 4.74 Å². The molecule has 2 nitrogen and oxygen atoms in total. The van der Waals surface area contributed by atoms with Crippen LogP contribution >= 0.6 is 0 Å². The number of likely N-dealkylation sites (N-methyl/N-ethyl adjacent to an activating group) is 1. The van der Waals surface area contributed by atoms with Gasteiger partial charge in [-0.25, -0.2) is 0 Å². The van der Waals surface area contributed by atoms with Gasteiger partial charge in [-0.3, -0.25) is 0 Å². The molecule has 1 saturated heterocycles. The molecule has 82 valence electrons. The predicted octanol–water partition coefficient (Wildman–Crippen LogP) is 2.78. The monoisotopic (exact) mass is 189 g/mol. The number of hydrogen-bond donors (Lipinski definition) is 0. The lowest BCUT2D eigenvalue weighted by Gasteiger charge is -2.09. The summed E-state index contributed by atoms with van der Waals surface area (Å²) in [4.78, 5) is 2.30. The zero-order valence-corrected chi connectivity index (χ0v) is 10.1. The molecule has 0 aromatic rings. The highest BCUT2D eigenvalue weighted by molar-refractivity contribution is 4.53. The van der Waals surface area contributed by atoms with Gasteiger partial charge in [0.25, 0.3) is 0 Å². The van der Waals surface area contributed by atoms with Crippen molar-refractivity contribution in [3.63, 3.8) is 0 Å². The second kappa shape index (κ2) is 14.4. The van der Waals surface area contributed by atoms with Crippen LogP contribution in [-0.4, -0.2) is 38.3 Å². The molecule has 0 atom stereocenters. The van der Waals surface area contributed by atoms with Crippen LogP contribution in [0.5, 0.6) is 0 Å². The molecule has 0 aromatic heterocycles. The average molecular weight is 189 g/mol. The predicted molar refractivity (Wildman–Crippen MR) is 60.2 cm³/mol. The van der Waals surface area contributed by atoms with E-state index >= 15 is 0 Å². The van der Waals surface area contributed by atoms with Gasteiger partial charge in [-0.1, -0.05) is 34.1 Å². The van der Waals surface area contributed by atoms with Crippen LogP contribution in [0.2, 0.25) is 0 Å². The van der Waals surface area contributed by atoms with Crippen molar-refractivity contribution >= 4 is 0 Å². The van der Waals surface area contributed by atoms with Crippen LogP contribution in [0.4, 0.5) is 0 Å². The highest BCUT2D eigenvalue weighted by Crippen LogP contribution is 1.93. The zero-order chi connectivity index (χ0) is 10.5. The largest absolute Gasteiger partial charge is 0.380 e. The SMILES string of the molecule is CC.CCC.CN1CCCOCC1. The molecule has 1 aliphatic heterocycles. The van der Waals surface area contributed by atoms with E-state index in [0.29, 0.717) is 0 Å². The first-order valence-corrected chi connectivity index (χ1v) is 5.57. The second-order valence-corrected chi connectivity index (χ2v) is 2.98. The van der Waals surface area contributed by atoms with Crippen molar-refractivity contribution in [3.05, 3.63) is 0 Å². The summed E-state index contributed by atoms with van der Waals surface area (Å²) in [5, 5.41) is 0. The molecule has 0 N–H and O–H groups in total. The van der Waals surface area contributed by atoms with E-state index < -0.39 is 0 Å². The topological polar surface area (TPSA) is 12.5 Å². The van der Waals surface area contributed by atoms with Crippen LogP contribution in [0, 0.1) is 0 Å². The van der Waals surface area contributed by atoms with Crippen molar-refractivity contribution in [2.24, 2.45) is 0 Å². The fraction of sp³-hybridized carbons (Fsp3) is 1.00. The summed E-state index contributed by atoms with van der Waals surface area (Å²) in [7, 11) is 2.13. The molecule has 0 radical (unpaired) electrons. The Morgan fingerprint density at radius 1 is 1.08 bits per heavy atom. The summed E-state index contributed by atoms with van der Waals surface area (Å²) in [5.41, 5.74) is 0. The normalized spacial score (nSPS) is 17.3. The Balaban J connectivity index is 0. The molecule has 0 amide bonds. The Morgan fingerprint density at radius 3 is 2.15 bits per heavy atom. The highest BCUT2D eigenvalue weighted by atomic mass is 16.5. The maximum atomic E-state index is 5.22. The van der Waals surface area contributed by atoms with Gasteiger partial charge in [-0.05, 0) is 13.5 Å². The Morgan fingerprint density at radius 2 is 1.62 bits per heavy atom. The van der Waals surface area contributed by atoms with Gasteiger partial charge in [-0.15, -0.1) is 0 Å².